The van der Waals surface area contributed by atoms with E-state index in [1.807, 2.05) is 0 Å². The maximum Gasteiger partial charge on any atom is 0.434 e. The van der Waals surface area contributed by atoms with Crippen LogP contribution in [-0.4, -0.2) is 25.5 Å². The largest absolute Gasteiger partial charge is 0.434 e. The van der Waals surface area contributed by atoms with Gasteiger partial charge in [0, 0.05) is 18.6 Å². The number of hydrogen-bond acceptors (Lipinski definition) is 4. The van der Waals surface area contributed by atoms with E-state index in [1.165, 1.54) is 26.1 Å². The van der Waals surface area contributed by atoms with E-state index in [4.69, 9.17) is 0 Å². The van der Waals surface area contributed by atoms with E-state index >= 15 is 0 Å². The summed E-state index contributed by atoms with van der Waals surface area (Å²) in [4.78, 5) is 31.6. The summed E-state index contributed by atoms with van der Waals surface area (Å²) in [6.07, 6.45) is -5.42. The first-order valence-electron chi connectivity index (χ1n) is 7.41. The summed E-state index contributed by atoms with van der Waals surface area (Å²) in [6.45, 7) is 1.19. The molecule has 0 saturated carbocycles. The van der Waals surface area contributed by atoms with Gasteiger partial charge in [0.15, 0.2) is 11.3 Å². The second-order valence-corrected chi connectivity index (χ2v) is 5.66. The van der Waals surface area contributed by atoms with E-state index in [9.17, 15) is 27.2 Å². The van der Waals surface area contributed by atoms with Crippen molar-refractivity contribution in [1.82, 2.24) is 19.7 Å². The molecule has 0 bridgehead atoms. The van der Waals surface area contributed by atoms with Crippen LogP contribution in [0.4, 0.5) is 17.6 Å². The van der Waals surface area contributed by atoms with Crippen molar-refractivity contribution < 1.29 is 22.4 Å². The molecular weight excluding hydrogens is 356 g/mol. The van der Waals surface area contributed by atoms with E-state index in [2.05, 4.69) is 15.1 Å². The second kappa shape index (κ2) is 6.04. The van der Waals surface area contributed by atoms with Gasteiger partial charge in [0.2, 0.25) is 5.78 Å². The third-order valence-corrected chi connectivity index (χ3v) is 3.80. The molecular formula is C16H12F4N4O2. The molecule has 0 fully saturated rings. The Hall–Kier alpha value is -3.04. The summed E-state index contributed by atoms with van der Waals surface area (Å²) in [5.41, 5.74) is -3.86. The molecule has 3 aromatic heterocycles. The van der Waals surface area contributed by atoms with Crippen LogP contribution in [-0.2, 0) is 13.2 Å². The van der Waals surface area contributed by atoms with Crippen molar-refractivity contribution >= 4 is 16.8 Å². The van der Waals surface area contributed by atoms with Gasteiger partial charge in [-0.3, -0.25) is 14.3 Å². The van der Waals surface area contributed by atoms with Crippen LogP contribution < -0.4 is 5.56 Å². The SMILES string of the molecule is CC(F)c1ccc2cc(C(=O)c3c[nH]n(C)c3=O)c(C(F)(F)F)nc2n1. The Morgan fingerprint density at radius 1 is 1.23 bits per heavy atom. The average molecular weight is 368 g/mol. The van der Waals surface area contributed by atoms with Crippen LogP contribution >= 0.6 is 0 Å². The number of aryl methyl sites for hydroxylation is 1. The summed E-state index contributed by atoms with van der Waals surface area (Å²) >= 11 is 0. The first-order valence-corrected chi connectivity index (χ1v) is 7.41. The Balaban J connectivity index is 2.26. The molecule has 26 heavy (non-hydrogen) atoms. The lowest BCUT2D eigenvalue weighted by Crippen LogP contribution is -2.22. The van der Waals surface area contributed by atoms with Crippen molar-refractivity contribution in [3.8, 4) is 0 Å². The fourth-order valence-corrected chi connectivity index (χ4v) is 2.45. The molecule has 0 aliphatic carbocycles. The summed E-state index contributed by atoms with van der Waals surface area (Å²) < 4.78 is 54.6. The molecule has 0 aliphatic heterocycles. The second-order valence-electron chi connectivity index (χ2n) is 5.66. The number of pyridine rings is 2. The third-order valence-electron chi connectivity index (χ3n) is 3.80. The fourth-order valence-electron chi connectivity index (χ4n) is 2.45. The first-order chi connectivity index (χ1) is 12.1. The third kappa shape index (κ3) is 2.98. The molecule has 6 nitrogen and oxygen atoms in total. The maximum absolute atomic E-state index is 13.4. The Kier molecular flexibility index (Phi) is 4.13. The van der Waals surface area contributed by atoms with Crippen molar-refractivity contribution in [3.05, 3.63) is 57.3 Å². The molecule has 0 spiro atoms. The van der Waals surface area contributed by atoms with Crippen LogP contribution in [0.3, 0.4) is 0 Å². The van der Waals surface area contributed by atoms with E-state index in [1.54, 1.807) is 0 Å². The van der Waals surface area contributed by atoms with Gasteiger partial charge in [-0.2, -0.15) is 13.2 Å². The van der Waals surface area contributed by atoms with Crippen LogP contribution in [0.2, 0.25) is 0 Å². The van der Waals surface area contributed by atoms with Crippen LogP contribution in [0.5, 0.6) is 0 Å². The number of H-pyrrole nitrogens is 1. The zero-order chi connectivity index (χ0) is 19.2. The first kappa shape index (κ1) is 17.8. The lowest BCUT2D eigenvalue weighted by Gasteiger charge is -2.12. The highest BCUT2D eigenvalue weighted by atomic mass is 19.4. The van der Waals surface area contributed by atoms with Gasteiger partial charge in [0.1, 0.15) is 11.7 Å². The highest BCUT2D eigenvalue weighted by Gasteiger charge is 2.38. The monoisotopic (exact) mass is 368 g/mol. The Morgan fingerprint density at radius 2 is 1.92 bits per heavy atom. The molecule has 3 rings (SSSR count). The molecule has 1 N–H and O–H groups in total. The normalized spacial score (nSPS) is 13.2. The van der Waals surface area contributed by atoms with Crippen LogP contribution in [0.15, 0.2) is 29.2 Å². The molecule has 3 aromatic rings. The number of rotatable bonds is 3. The quantitative estimate of drug-likeness (QED) is 0.569. The van der Waals surface area contributed by atoms with Gasteiger partial charge < -0.3 is 5.10 Å². The van der Waals surface area contributed by atoms with E-state index in [0.717, 1.165) is 16.9 Å². The lowest BCUT2D eigenvalue weighted by atomic mass is 10.0. The van der Waals surface area contributed by atoms with Gasteiger partial charge in [0.05, 0.1) is 11.3 Å². The number of ketones is 1. The van der Waals surface area contributed by atoms with Crippen LogP contribution in [0, 0.1) is 0 Å². The predicted molar refractivity (Wildman–Crippen MR) is 83.5 cm³/mol. The number of hydrogen-bond donors (Lipinski definition) is 1. The molecule has 1 atom stereocenters. The molecule has 3 heterocycles. The summed E-state index contributed by atoms with van der Waals surface area (Å²) in [5, 5.41) is 2.55. The Morgan fingerprint density at radius 3 is 2.46 bits per heavy atom. The molecule has 0 aliphatic rings. The van der Waals surface area contributed by atoms with E-state index in [0.29, 0.717) is 0 Å². The number of aromatic nitrogens is 4. The molecule has 0 amide bonds. The van der Waals surface area contributed by atoms with Crippen LogP contribution in [0.1, 0.15) is 40.4 Å². The number of alkyl halides is 4. The number of aromatic amines is 1. The predicted octanol–water partition coefficient (Wildman–Crippen LogP) is 2.94. The number of carbonyl (C=O) groups is 1. The average Bonchev–Trinajstić information content (AvgIpc) is 2.91. The Bertz CT molecular complexity index is 1070. The van der Waals surface area contributed by atoms with Crippen molar-refractivity contribution in [2.75, 3.05) is 0 Å². The molecule has 136 valence electrons. The number of nitrogens with one attached hydrogen (secondary N) is 1. The fraction of sp³-hybridized carbons (Fsp3) is 0.250. The van der Waals surface area contributed by atoms with Crippen molar-refractivity contribution in [3.63, 3.8) is 0 Å². The van der Waals surface area contributed by atoms with Gasteiger partial charge in [-0.25, -0.2) is 14.4 Å². The minimum atomic E-state index is -4.96. The molecule has 0 saturated heterocycles. The minimum Gasteiger partial charge on any atom is -0.302 e. The standard InChI is InChI=1S/C16H12F4N4O2/c1-7(17)11-4-3-8-5-9(12(25)10-6-21-24(2)15(10)26)13(16(18,19)20)23-14(8)22-11/h3-7,21H,1-2H3. The molecule has 1 unspecified atom stereocenters. The number of nitrogens with zero attached hydrogens (tertiary/aromatic N) is 3. The van der Waals surface area contributed by atoms with E-state index < -0.39 is 40.5 Å². The smallest absolute Gasteiger partial charge is 0.302 e. The van der Waals surface area contributed by atoms with Crippen molar-refractivity contribution in [2.24, 2.45) is 7.05 Å². The van der Waals surface area contributed by atoms with Gasteiger partial charge in [-0.1, -0.05) is 0 Å². The van der Waals surface area contributed by atoms with Crippen molar-refractivity contribution in [1.29, 1.82) is 0 Å². The lowest BCUT2D eigenvalue weighted by molar-refractivity contribution is -0.141. The van der Waals surface area contributed by atoms with Crippen molar-refractivity contribution in [2.45, 2.75) is 19.3 Å². The van der Waals surface area contributed by atoms with Gasteiger partial charge in [-0.15, -0.1) is 0 Å². The maximum atomic E-state index is 13.4. The summed E-state index contributed by atoms with van der Waals surface area (Å²) in [6, 6.07) is 3.58. The summed E-state index contributed by atoms with van der Waals surface area (Å²) in [5.74, 6) is -1.11. The van der Waals surface area contributed by atoms with Gasteiger partial charge >= 0.3 is 6.18 Å². The van der Waals surface area contributed by atoms with Gasteiger partial charge in [0.25, 0.3) is 5.56 Å². The zero-order valence-electron chi connectivity index (χ0n) is 13.6. The molecule has 0 radical (unpaired) electrons. The minimum absolute atomic E-state index is 0.0725. The molecule has 0 aromatic carbocycles. The Labute approximate surface area is 143 Å². The topological polar surface area (TPSA) is 80.6 Å². The van der Waals surface area contributed by atoms with E-state index in [-0.39, 0.29) is 16.7 Å². The number of carbonyl (C=O) groups excluding carboxylic acids is 1. The summed E-state index contributed by atoms with van der Waals surface area (Å²) in [7, 11) is 1.33. The van der Waals surface area contributed by atoms with Crippen LogP contribution in [0.25, 0.3) is 11.0 Å². The van der Waals surface area contributed by atoms with Gasteiger partial charge in [-0.05, 0) is 25.1 Å². The highest BCUT2D eigenvalue weighted by Crippen LogP contribution is 2.33. The number of halogens is 4. The highest BCUT2D eigenvalue weighted by molar-refractivity contribution is 6.10. The zero-order valence-corrected chi connectivity index (χ0v) is 13.6. The molecule has 10 heteroatoms. The number of fused-ring (bicyclic) bond motifs is 1.